The van der Waals surface area contributed by atoms with E-state index in [1.165, 1.54) is 0 Å². The molecular formula is C7H12N2O. The van der Waals surface area contributed by atoms with Crippen molar-refractivity contribution in [3.05, 3.63) is 0 Å². The van der Waals surface area contributed by atoms with Crippen molar-refractivity contribution < 1.29 is 4.74 Å². The number of aliphatic imine (C=N–C) groups is 1. The van der Waals surface area contributed by atoms with E-state index >= 15 is 0 Å². The van der Waals surface area contributed by atoms with Gasteiger partial charge in [-0.25, -0.2) is 4.99 Å². The van der Waals surface area contributed by atoms with Crippen molar-refractivity contribution in [3.8, 4) is 0 Å². The third kappa shape index (κ3) is 1.64. The average Bonchev–Trinajstić information content (AvgIpc) is 2.13. The van der Waals surface area contributed by atoms with Crippen LogP contribution in [0.1, 0.15) is 19.3 Å². The normalized spacial score (nSPS) is 26.5. The van der Waals surface area contributed by atoms with Gasteiger partial charge in [-0.2, -0.15) is 0 Å². The molecule has 0 aromatic heterocycles. The maximum atomic E-state index is 7.36. The standard InChI is InChI=1S/C7H12N2O/c1-10-6-4-2-3-5-9-7(6)8/h5-6,8H,2-4H2,1H3. The summed E-state index contributed by atoms with van der Waals surface area (Å²) in [7, 11) is 1.63. The molecule has 1 rings (SSSR count). The van der Waals surface area contributed by atoms with Crippen LogP contribution in [0.4, 0.5) is 0 Å². The molecule has 1 aliphatic rings. The van der Waals surface area contributed by atoms with Gasteiger partial charge in [0, 0.05) is 13.3 Å². The molecule has 1 heterocycles. The molecule has 1 N–H and O–H groups in total. The molecule has 0 fully saturated rings. The summed E-state index contributed by atoms with van der Waals surface area (Å²) in [6.07, 6.45) is 4.70. The van der Waals surface area contributed by atoms with Crippen LogP contribution in [-0.2, 0) is 4.74 Å². The quantitative estimate of drug-likeness (QED) is 0.585. The van der Waals surface area contributed by atoms with Gasteiger partial charge in [-0.15, -0.1) is 0 Å². The molecule has 10 heavy (non-hydrogen) atoms. The fourth-order valence-corrected chi connectivity index (χ4v) is 1.01. The Morgan fingerprint density at radius 3 is 3.30 bits per heavy atom. The predicted molar refractivity (Wildman–Crippen MR) is 40.9 cm³/mol. The molecule has 3 heteroatoms. The van der Waals surface area contributed by atoms with Gasteiger partial charge in [-0.1, -0.05) is 0 Å². The summed E-state index contributed by atoms with van der Waals surface area (Å²) >= 11 is 0. The van der Waals surface area contributed by atoms with E-state index < -0.39 is 0 Å². The van der Waals surface area contributed by atoms with Crippen molar-refractivity contribution in [1.29, 1.82) is 5.41 Å². The van der Waals surface area contributed by atoms with Crippen LogP contribution in [-0.4, -0.2) is 25.3 Å². The fourth-order valence-electron chi connectivity index (χ4n) is 1.01. The summed E-state index contributed by atoms with van der Waals surface area (Å²) < 4.78 is 5.05. The third-order valence-electron chi connectivity index (χ3n) is 1.62. The zero-order chi connectivity index (χ0) is 7.40. The molecule has 0 aromatic rings. The van der Waals surface area contributed by atoms with Crippen molar-refractivity contribution in [2.24, 2.45) is 4.99 Å². The van der Waals surface area contributed by atoms with Gasteiger partial charge in [0.15, 0.2) is 0 Å². The first-order valence-electron chi connectivity index (χ1n) is 3.48. The molecule has 0 bridgehead atoms. The Morgan fingerprint density at radius 2 is 2.60 bits per heavy atom. The lowest BCUT2D eigenvalue weighted by Crippen LogP contribution is -2.18. The average molecular weight is 140 g/mol. The van der Waals surface area contributed by atoms with Gasteiger partial charge in [0.05, 0.1) is 0 Å². The first-order valence-corrected chi connectivity index (χ1v) is 3.48. The molecule has 1 aliphatic heterocycles. The Morgan fingerprint density at radius 1 is 1.80 bits per heavy atom. The number of rotatable bonds is 1. The zero-order valence-electron chi connectivity index (χ0n) is 6.13. The Kier molecular flexibility index (Phi) is 2.57. The van der Waals surface area contributed by atoms with Crippen LogP contribution in [0, 0.1) is 5.41 Å². The van der Waals surface area contributed by atoms with Gasteiger partial charge in [-0.3, -0.25) is 5.41 Å². The number of hydrogen-bond donors (Lipinski definition) is 1. The molecule has 56 valence electrons. The van der Waals surface area contributed by atoms with Gasteiger partial charge in [0.1, 0.15) is 11.9 Å². The number of hydrogen-bond acceptors (Lipinski definition) is 2. The van der Waals surface area contributed by atoms with E-state index in [-0.39, 0.29) is 6.10 Å². The summed E-state index contributed by atoms with van der Waals surface area (Å²) in [5, 5.41) is 7.36. The van der Waals surface area contributed by atoms with Crippen molar-refractivity contribution in [2.75, 3.05) is 7.11 Å². The Balaban J connectivity index is 2.55. The molecule has 1 unspecified atom stereocenters. The van der Waals surface area contributed by atoms with E-state index in [0.29, 0.717) is 5.84 Å². The number of amidine groups is 1. The topological polar surface area (TPSA) is 45.4 Å². The Labute approximate surface area is 60.6 Å². The van der Waals surface area contributed by atoms with Gasteiger partial charge in [0.2, 0.25) is 0 Å². The minimum atomic E-state index is -0.0706. The largest absolute Gasteiger partial charge is 0.373 e. The van der Waals surface area contributed by atoms with Crippen LogP contribution in [0.3, 0.4) is 0 Å². The van der Waals surface area contributed by atoms with E-state index in [1.54, 1.807) is 13.3 Å². The maximum Gasteiger partial charge on any atom is 0.149 e. The van der Waals surface area contributed by atoms with Crippen LogP contribution >= 0.6 is 0 Å². The van der Waals surface area contributed by atoms with Crippen LogP contribution in [0.25, 0.3) is 0 Å². The van der Waals surface area contributed by atoms with E-state index in [2.05, 4.69) is 4.99 Å². The zero-order valence-corrected chi connectivity index (χ0v) is 6.13. The highest BCUT2D eigenvalue weighted by atomic mass is 16.5. The van der Waals surface area contributed by atoms with Crippen molar-refractivity contribution >= 4 is 12.1 Å². The van der Waals surface area contributed by atoms with Crippen molar-refractivity contribution in [2.45, 2.75) is 25.4 Å². The van der Waals surface area contributed by atoms with Gasteiger partial charge in [-0.05, 0) is 19.3 Å². The highest BCUT2D eigenvalue weighted by Gasteiger charge is 2.13. The summed E-state index contributed by atoms with van der Waals surface area (Å²) in [5.74, 6) is 0.361. The molecular weight excluding hydrogens is 128 g/mol. The molecule has 0 aliphatic carbocycles. The smallest absolute Gasteiger partial charge is 0.149 e. The van der Waals surface area contributed by atoms with E-state index in [9.17, 15) is 0 Å². The van der Waals surface area contributed by atoms with Crippen LogP contribution in [0.15, 0.2) is 4.99 Å². The second-order valence-electron chi connectivity index (χ2n) is 2.35. The van der Waals surface area contributed by atoms with Gasteiger partial charge in [0.25, 0.3) is 0 Å². The first-order chi connectivity index (χ1) is 4.84. The first kappa shape index (κ1) is 7.41. The second-order valence-corrected chi connectivity index (χ2v) is 2.35. The Hall–Kier alpha value is -0.700. The number of nitrogens with zero attached hydrogens (tertiary/aromatic N) is 1. The van der Waals surface area contributed by atoms with Gasteiger partial charge < -0.3 is 4.74 Å². The monoisotopic (exact) mass is 140 g/mol. The summed E-state index contributed by atoms with van der Waals surface area (Å²) in [6, 6.07) is 0. The molecule has 0 saturated heterocycles. The molecule has 0 spiro atoms. The molecule has 0 amide bonds. The fraction of sp³-hybridized carbons (Fsp3) is 0.714. The predicted octanol–water partition coefficient (Wildman–Crippen LogP) is 1.23. The molecule has 0 aromatic carbocycles. The van der Waals surface area contributed by atoms with Crippen LogP contribution in [0.2, 0.25) is 0 Å². The van der Waals surface area contributed by atoms with E-state index in [0.717, 1.165) is 19.3 Å². The minimum absolute atomic E-state index is 0.0706. The number of ether oxygens (including phenoxy) is 1. The lowest BCUT2D eigenvalue weighted by Gasteiger charge is -2.09. The van der Waals surface area contributed by atoms with Crippen molar-refractivity contribution in [3.63, 3.8) is 0 Å². The third-order valence-corrected chi connectivity index (χ3v) is 1.62. The highest BCUT2D eigenvalue weighted by Crippen LogP contribution is 2.08. The van der Waals surface area contributed by atoms with Crippen molar-refractivity contribution in [1.82, 2.24) is 0 Å². The highest BCUT2D eigenvalue weighted by molar-refractivity contribution is 5.91. The Bertz CT molecular complexity index is 154. The maximum absolute atomic E-state index is 7.36. The minimum Gasteiger partial charge on any atom is -0.373 e. The van der Waals surface area contributed by atoms with Crippen LogP contribution in [0.5, 0.6) is 0 Å². The second kappa shape index (κ2) is 3.46. The lowest BCUT2D eigenvalue weighted by molar-refractivity contribution is 0.146. The summed E-state index contributed by atoms with van der Waals surface area (Å²) in [5.41, 5.74) is 0. The van der Waals surface area contributed by atoms with E-state index in [1.807, 2.05) is 0 Å². The SMILES string of the molecule is COC1CCCC=NC1=N. The molecule has 3 nitrogen and oxygen atoms in total. The molecule has 0 saturated carbocycles. The summed E-state index contributed by atoms with van der Waals surface area (Å²) in [6.45, 7) is 0. The number of methoxy groups -OCH3 is 1. The van der Waals surface area contributed by atoms with E-state index in [4.69, 9.17) is 10.1 Å². The molecule has 0 radical (unpaired) electrons. The number of nitrogens with one attached hydrogen (secondary N) is 1. The lowest BCUT2D eigenvalue weighted by atomic mass is 10.2. The van der Waals surface area contributed by atoms with Crippen LogP contribution < -0.4 is 0 Å². The molecule has 1 atom stereocenters. The summed E-state index contributed by atoms with van der Waals surface area (Å²) in [4.78, 5) is 3.91. The van der Waals surface area contributed by atoms with Gasteiger partial charge >= 0.3 is 0 Å².